The van der Waals surface area contributed by atoms with Crippen molar-refractivity contribution >= 4 is 40.7 Å². The molecule has 1 saturated heterocycles. The van der Waals surface area contributed by atoms with Crippen LogP contribution in [0.3, 0.4) is 0 Å². The van der Waals surface area contributed by atoms with Crippen LogP contribution in [0, 0.1) is 5.92 Å². The highest BCUT2D eigenvalue weighted by Gasteiger charge is 2.18. The molecule has 1 unspecified atom stereocenters. The summed E-state index contributed by atoms with van der Waals surface area (Å²) in [6.45, 7) is 0.747. The highest BCUT2D eigenvalue weighted by molar-refractivity contribution is 7.99. The van der Waals surface area contributed by atoms with Crippen molar-refractivity contribution in [2.75, 3.05) is 29.1 Å². The molecule has 18 heavy (non-hydrogen) atoms. The zero-order valence-electron chi connectivity index (χ0n) is 9.78. The van der Waals surface area contributed by atoms with Gasteiger partial charge in [0.05, 0.1) is 16.3 Å². The van der Waals surface area contributed by atoms with Gasteiger partial charge in [-0.05, 0) is 36.0 Å². The Labute approximate surface area is 115 Å². The van der Waals surface area contributed by atoms with Crippen molar-refractivity contribution in [2.45, 2.75) is 6.42 Å². The topological polar surface area (TPSA) is 75.3 Å². The lowest BCUT2D eigenvalue weighted by Gasteiger charge is -2.15. The van der Waals surface area contributed by atoms with Gasteiger partial charge >= 0.3 is 5.97 Å². The van der Waals surface area contributed by atoms with Gasteiger partial charge in [0.15, 0.2) is 0 Å². The second-order valence-electron chi connectivity index (χ2n) is 4.34. The second-order valence-corrected chi connectivity index (χ2v) is 5.90. The van der Waals surface area contributed by atoms with Gasteiger partial charge in [0.25, 0.3) is 0 Å². The van der Waals surface area contributed by atoms with Crippen molar-refractivity contribution in [2.24, 2.45) is 5.92 Å². The van der Waals surface area contributed by atoms with E-state index in [4.69, 9.17) is 22.4 Å². The van der Waals surface area contributed by atoms with Gasteiger partial charge in [-0.15, -0.1) is 0 Å². The molecule has 0 amide bonds. The number of halogens is 1. The van der Waals surface area contributed by atoms with Gasteiger partial charge in [-0.3, -0.25) is 0 Å². The monoisotopic (exact) mass is 286 g/mol. The lowest BCUT2D eigenvalue weighted by Crippen LogP contribution is -2.16. The van der Waals surface area contributed by atoms with Gasteiger partial charge in [0, 0.05) is 12.2 Å². The van der Waals surface area contributed by atoms with Crippen LogP contribution < -0.4 is 11.1 Å². The van der Waals surface area contributed by atoms with Gasteiger partial charge in [-0.1, -0.05) is 11.6 Å². The Morgan fingerprint density at radius 2 is 2.39 bits per heavy atom. The molecule has 1 atom stereocenters. The van der Waals surface area contributed by atoms with E-state index in [2.05, 4.69) is 5.32 Å². The molecular formula is C12H15ClN2O2S. The number of benzene rings is 1. The number of nitrogen functional groups attached to an aromatic ring is 1. The molecule has 0 bridgehead atoms. The van der Waals surface area contributed by atoms with Crippen LogP contribution in [0.15, 0.2) is 12.1 Å². The van der Waals surface area contributed by atoms with E-state index in [0.29, 0.717) is 22.3 Å². The molecule has 1 heterocycles. The molecular weight excluding hydrogens is 272 g/mol. The van der Waals surface area contributed by atoms with Gasteiger partial charge in [0.1, 0.15) is 0 Å². The molecule has 0 spiro atoms. The standard InChI is InChI=1S/C12H15ClN2O2S/c13-10-4-8(14)3-9(12(16)17)11(10)15-5-7-1-2-18-6-7/h3-4,7,15H,1-2,5-6,14H2,(H,16,17). The maximum atomic E-state index is 11.2. The minimum Gasteiger partial charge on any atom is -0.478 e. The van der Waals surface area contributed by atoms with E-state index in [1.807, 2.05) is 11.8 Å². The molecule has 4 N–H and O–H groups in total. The third-order valence-electron chi connectivity index (χ3n) is 2.93. The van der Waals surface area contributed by atoms with Crippen molar-refractivity contribution in [3.05, 3.63) is 22.7 Å². The van der Waals surface area contributed by atoms with Crippen LogP contribution in [0.2, 0.25) is 5.02 Å². The number of hydrogen-bond acceptors (Lipinski definition) is 4. The van der Waals surface area contributed by atoms with E-state index >= 15 is 0 Å². The summed E-state index contributed by atoms with van der Waals surface area (Å²) in [4.78, 5) is 11.2. The molecule has 0 radical (unpaired) electrons. The number of thioether (sulfide) groups is 1. The molecule has 98 valence electrons. The predicted molar refractivity (Wildman–Crippen MR) is 76.7 cm³/mol. The number of nitrogens with two attached hydrogens (primary N) is 1. The van der Waals surface area contributed by atoms with Crippen molar-refractivity contribution in [1.29, 1.82) is 0 Å². The quantitative estimate of drug-likeness (QED) is 0.742. The number of rotatable bonds is 4. The first kappa shape index (κ1) is 13.4. The van der Waals surface area contributed by atoms with Crippen LogP contribution >= 0.6 is 23.4 Å². The van der Waals surface area contributed by atoms with E-state index in [9.17, 15) is 4.79 Å². The summed E-state index contributed by atoms with van der Waals surface area (Å²) < 4.78 is 0. The minimum atomic E-state index is -1.02. The fourth-order valence-electron chi connectivity index (χ4n) is 1.97. The third-order valence-corrected chi connectivity index (χ3v) is 4.46. The number of carboxylic acid groups (broad SMARTS) is 1. The van der Waals surface area contributed by atoms with Crippen LogP contribution in [0.1, 0.15) is 16.8 Å². The van der Waals surface area contributed by atoms with Crippen molar-refractivity contribution < 1.29 is 9.90 Å². The fraction of sp³-hybridized carbons (Fsp3) is 0.417. The molecule has 0 aromatic heterocycles. The number of carbonyl (C=O) groups is 1. The van der Waals surface area contributed by atoms with E-state index in [-0.39, 0.29) is 5.56 Å². The van der Waals surface area contributed by atoms with E-state index in [0.717, 1.165) is 18.7 Å². The second kappa shape index (κ2) is 5.71. The molecule has 2 rings (SSSR count). The number of aromatic carboxylic acids is 1. The zero-order valence-corrected chi connectivity index (χ0v) is 11.4. The summed E-state index contributed by atoms with van der Waals surface area (Å²) in [5.74, 6) is 1.84. The maximum absolute atomic E-state index is 11.2. The molecule has 1 aromatic carbocycles. The lowest BCUT2D eigenvalue weighted by atomic mass is 10.1. The molecule has 1 aliphatic heterocycles. The Morgan fingerprint density at radius 1 is 1.61 bits per heavy atom. The Hall–Kier alpha value is -1.07. The smallest absolute Gasteiger partial charge is 0.337 e. The predicted octanol–water partition coefficient (Wildman–Crippen LogP) is 2.79. The van der Waals surface area contributed by atoms with E-state index in [1.54, 1.807) is 6.07 Å². The number of carboxylic acids is 1. The SMILES string of the molecule is Nc1cc(Cl)c(NCC2CCSC2)c(C(=O)O)c1. The van der Waals surface area contributed by atoms with Crippen LogP contribution in [-0.4, -0.2) is 29.1 Å². The van der Waals surface area contributed by atoms with Gasteiger partial charge < -0.3 is 16.2 Å². The minimum absolute atomic E-state index is 0.130. The molecule has 4 nitrogen and oxygen atoms in total. The van der Waals surface area contributed by atoms with Gasteiger partial charge in [-0.25, -0.2) is 4.79 Å². The summed E-state index contributed by atoms with van der Waals surface area (Å²) in [5.41, 5.74) is 6.56. The van der Waals surface area contributed by atoms with Crippen molar-refractivity contribution in [3.63, 3.8) is 0 Å². The van der Waals surface area contributed by atoms with E-state index in [1.165, 1.54) is 11.8 Å². The van der Waals surface area contributed by atoms with Gasteiger partial charge in [-0.2, -0.15) is 11.8 Å². The molecule has 0 aliphatic carbocycles. The lowest BCUT2D eigenvalue weighted by molar-refractivity contribution is 0.0698. The summed E-state index contributed by atoms with van der Waals surface area (Å²) in [6.07, 6.45) is 1.16. The molecule has 1 fully saturated rings. The van der Waals surface area contributed by atoms with Gasteiger partial charge in [0.2, 0.25) is 0 Å². The summed E-state index contributed by atoms with van der Waals surface area (Å²) in [7, 11) is 0. The third kappa shape index (κ3) is 3.03. The number of nitrogens with one attached hydrogen (secondary N) is 1. The Bertz CT molecular complexity index is 462. The van der Waals surface area contributed by atoms with Crippen LogP contribution in [0.5, 0.6) is 0 Å². The highest BCUT2D eigenvalue weighted by atomic mass is 35.5. The average Bonchev–Trinajstić information content (AvgIpc) is 2.79. The molecule has 1 aliphatic rings. The Balaban J connectivity index is 2.17. The number of anilines is 2. The van der Waals surface area contributed by atoms with Crippen LogP contribution in [-0.2, 0) is 0 Å². The van der Waals surface area contributed by atoms with Crippen LogP contribution in [0.4, 0.5) is 11.4 Å². The molecule has 1 aromatic rings. The maximum Gasteiger partial charge on any atom is 0.337 e. The normalized spacial score (nSPS) is 18.8. The summed E-state index contributed by atoms with van der Waals surface area (Å²) in [5, 5.41) is 12.7. The summed E-state index contributed by atoms with van der Waals surface area (Å²) >= 11 is 7.98. The fourth-order valence-corrected chi connectivity index (χ4v) is 3.55. The Kier molecular flexibility index (Phi) is 4.24. The van der Waals surface area contributed by atoms with E-state index < -0.39 is 5.97 Å². The first-order valence-corrected chi connectivity index (χ1v) is 7.25. The first-order valence-electron chi connectivity index (χ1n) is 5.72. The van der Waals surface area contributed by atoms with Crippen molar-refractivity contribution in [1.82, 2.24) is 0 Å². The largest absolute Gasteiger partial charge is 0.478 e. The van der Waals surface area contributed by atoms with Crippen LogP contribution in [0.25, 0.3) is 0 Å². The Morgan fingerprint density at radius 3 is 3.00 bits per heavy atom. The average molecular weight is 287 g/mol. The highest BCUT2D eigenvalue weighted by Crippen LogP contribution is 2.31. The molecule has 0 saturated carbocycles. The zero-order chi connectivity index (χ0) is 13.1. The summed E-state index contributed by atoms with van der Waals surface area (Å²) in [6, 6.07) is 3.00. The van der Waals surface area contributed by atoms with Crippen molar-refractivity contribution in [3.8, 4) is 0 Å². The first-order chi connectivity index (χ1) is 8.58. The molecule has 6 heteroatoms. The number of hydrogen-bond donors (Lipinski definition) is 3.